The summed E-state index contributed by atoms with van der Waals surface area (Å²) in [5, 5.41) is 10.9. The summed E-state index contributed by atoms with van der Waals surface area (Å²) in [6.07, 6.45) is 4.28. The predicted octanol–water partition coefficient (Wildman–Crippen LogP) is 3.18. The van der Waals surface area contributed by atoms with E-state index >= 15 is 0 Å². The van der Waals surface area contributed by atoms with Crippen molar-refractivity contribution in [3.63, 3.8) is 0 Å². The van der Waals surface area contributed by atoms with Crippen LogP contribution in [0.5, 0.6) is 0 Å². The molecule has 0 saturated carbocycles. The van der Waals surface area contributed by atoms with Crippen LogP contribution in [0.1, 0.15) is 22.6 Å². The Morgan fingerprint density at radius 2 is 2.35 bits per heavy atom. The normalized spacial score (nSPS) is 17.2. The molecule has 6 heteroatoms. The predicted molar refractivity (Wildman–Crippen MR) is 87.7 cm³/mol. The number of fused-ring (bicyclic) bond motifs is 2. The number of hydrogen-bond donors (Lipinski definition) is 2. The highest BCUT2D eigenvalue weighted by Gasteiger charge is 2.25. The summed E-state index contributed by atoms with van der Waals surface area (Å²) >= 11 is 1.59. The molecule has 2 heterocycles. The maximum absolute atomic E-state index is 13.2. The Hall–Kier alpha value is -2.21. The second kappa shape index (κ2) is 5.77. The van der Waals surface area contributed by atoms with Crippen LogP contribution < -0.4 is 5.32 Å². The number of aryl methyl sites for hydroxylation is 1. The molecule has 0 radical (unpaired) electrons. The van der Waals surface area contributed by atoms with Crippen molar-refractivity contribution in [1.29, 1.82) is 0 Å². The number of halogens is 1. The summed E-state index contributed by atoms with van der Waals surface area (Å²) in [7, 11) is 0. The van der Waals surface area contributed by atoms with Gasteiger partial charge in [0.05, 0.1) is 12.7 Å². The number of aromatic nitrogens is 2. The van der Waals surface area contributed by atoms with E-state index in [0.717, 1.165) is 45.5 Å². The van der Waals surface area contributed by atoms with Gasteiger partial charge in [0, 0.05) is 21.2 Å². The number of benzene rings is 1. The summed E-state index contributed by atoms with van der Waals surface area (Å²) in [6, 6.07) is 6.71. The Kier molecular flexibility index (Phi) is 3.61. The molecule has 2 aromatic heterocycles. The Morgan fingerprint density at radius 1 is 1.43 bits per heavy atom. The zero-order valence-corrected chi connectivity index (χ0v) is 13.3. The third-order valence-electron chi connectivity index (χ3n) is 4.35. The van der Waals surface area contributed by atoms with E-state index in [4.69, 9.17) is 0 Å². The molecular formula is C17H16FN3OS. The van der Waals surface area contributed by atoms with Crippen LogP contribution in [-0.4, -0.2) is 16.1 Å². The van der Waals surface area contributed by atoms with E-state index < -0.39 is 0 Å². The Morgan fingerprint density at radius 3 is 3.26 bits per heavy atom. The molecule has 2 N–H and O–H groups in total. The van der Waals surface area contributed by atoms with Gasteiger partial charge in [-0.2, -0.15) is 5.10 Å². The average Bonchev–Trinajstić information content (AvgIpc) is 3.17. The fourth-order valence-corrected chi connectivity index (χ4v) is 4.10. The van der Waals surface area contributed by atoms with Gasteiger partial charge in [-0.1, -0.05) is 0 Å². The third kappa shape index (κ3) is 2.86. The molecule has 0 bridgehead atoms. The van der Waals surface area contributed by atoms with Crippen LogP contribution in [0, 0.1) is 11.7 Å². The molecule has 0 aliphatic heterocycles. The van der Waals surface area contributed by atoms with E-state index in [1.807, 2.05) is 12.3 Å². The molecule has 1 aliphatic rings. The highest BCUT2D eigenvalue weighted by molar-refractivity contribution is 7.19. The van der Waals surface area contributed by atoms with Crippen molar-refractivity contribution in [3.8, 4) is 0 Å². The average molecular weight is 329 g/mol. The van der Waals surface area contributed by atoms with Gasteiger partial charge < -0.3 is 5.32 Å². The van der Waals surface area contributed by atoms with Crippen LogP contribution in [0.3, 0.4) is 0 Å². The van der Waals surface area contributed by atoms with E-state index in [0.29, 0.717) is 6.54 Å². The van der Waals surface area contributed by atoms with Gasteiger partial charge in [-0.15, -0.1) is 11.3 Å². The fourth-order valence-electron chi connectivity index (χ4n) is 3.11. The highest BCUT2D eigenvalue weighted by atomic mass is 32.1. The van der Waals surface area contributed by atoms with Crippen LogP contribution in [-0.2, 0) is 24.2 Å². The first kappa shape index (κ1) is 14.4. The number of carbonyl (C=O) groups is 1. The Balaban J connectivity index is 1.41. The van der Waals surface area contributed by atoms with Gasteiger partial charge in [0.1, 0.15) is 5.82 Å². The zero-order chi connectivity index (χ0) is 15.8. The first-order chi connectivity index (χ1) is 11.2. The van der Waals surface area contributed by atoms with Crippen molar-refractivity contribution in [2.75, 3.05) is 0 Å². The van der Waals surface area contributed by atoms with E-state index in [-0.39, 0.29) is 17.6 Å². The van der Waals surface area contributed by atoms with Crippen LogP contribution in [0.2, 0.25) is 0 Å². The van der Waals surface area contributed by atoms with E-state index in [1.54, 1.807) is 17.4 Å². The number of hydrogen-bond acceptors (Lipinski definition) is 3. The first-order valence-electron chi connectivity index (χ1n) is 7.66. The van der Waals surface area contributed by atoms with E-state index in [9.17, 15) is 9.18 Å². The second-order valence-corrected chi connectivity index (χ2v) is 7.09. The van der Waals surface area contributed by atoms with Gasteiger partial charge in [-0.25, -0.2) is 4.39 Å². The molecule has 3 aromatic rings. The van der Waals surface area contributed by atoms with Gasteiger partial charge in [0.2, 0.25) is 5.91 Å². The van der Waals surface area contributed by atoms with E-state index in [1.165, 1.54) is 12.1 Å². The van der Waals surface area contributed by atoms with Crippen LogP contribution >= 0.6 is 11.3 Å². The standard InChI is InChI=1S/C17H16FN3OS/c18-13-2-4-16-11(6-13)7-14(23-16)9-19-17(22)10-1-3-15-12(5-10)8-20-21-15/h2,4,6-8,10H,1,3,5,9H2,(H,19,22)(H,20,21)/t10-/m1/s1. The van der Waals surface area contributed by atoms with Gasteiger partial charge in [-0.05, 0) is 54.5 Å². The number of aromatic amines is 1. The van der Waals surface area contributed by atoms with Crippen molar-refractivity contribution in [2.45, 2.75) is 25.8 Å². The maximum Gasteiger partial charge on any atom is 0.223 e. The molecule has 23 heavy (non-hydrogen) atoms. The van der Waals surface area contributed by atoms with Crippen LogP contribution in [0.25, 0.3) is 10.1 Å². The molecular weight excluding hydrogens is 313 g/mol. The molecule has 4 nitrogen and oxygen atoms in total. The number of amides is 1. The molecule has 0 fully saturated rings. The van der Waals surface area contributed by atoms with Crippen molar-refractivity contribution in [2.24, 2.45) is 5.92 Å². The van der Waals surface area contributed by atoms with Crippen molar-refractivity contribution in [3.05, 3.63) is 52.4 Å². The minimum atomic E-state index is -0.232. The van der Waals surface area contributed by atoms with Crippen molar-refractivity contribution < 1.29 is 9.18 Å². The number of thiophene rings is 1. The lowest BCUT2D eigenvalue weighted by Crippen LogP contribution is -2.33. The first-order valence-corrected chi connectivity index (χ1v) is 8.47. The largest absolute Gasteiger partial charge is 0.351 e. The lowest BCUT2D eigenvalue weighted by Gasteiger charge is -2.20. The minimum Gasteiger partial charge on any atom is -0.351 e. The molecule has 1 aromatic carbocycles. The van der Waals surface area contributed by atoms with Crippen LogP contribution in [0.15, 0.2) is 30.5 Å². The number of nitrogens with zero attached hydrogens (tertiary/aromatic N) is 1. The lowest BCUT2D eigenvalue weighted by molar-refractivity contribution is -0.125. The Bertz CT molecular complexity index is 870. The van der Waals surface area contributed by atoms with Crippen molar-refractivity contribution in [1.82, 2.24) is 15.5 Å². The molecule has 1 amide bonds. The summed E-state index contributed by atoms with van der Waals surface area (Å²) in [5.41, 5.74) is 2.30. The quantitative estimate of drug-likeness (QED) is 0.775. The minimum absolute atomic E-state index is 0.00641. The molecule has 0 unspecified atom stereocenters. The smallest absolute Gasteiger partial charge is 0.223 e. The third-order valence-corrected chi connectivity index (χ3v) is 5.47. The number of carbonyl (C=O) groups excluding carboxylic acids is 1. The molecule has 118 valence electrons. The number of H-pyrrole nitrogens is 1. The highest BCUT2D eigenvalue weighted by Crippen LogP contribution is 2.27. The van der Waals surface area contributed by atoms with Gasteiger partial charge in [-0.3, -0.25) is 9.89 Å². The number of nitrogens with one attached hydrogen (secondary N) is 2. The van der Waals surface area contributed by atoms with Gasteiger partial charge >= 0.3 is 0 Å². The Labute approximate surface area is 136 Å². The molecule has 1 atom stereocenters. The monoisotopic (exact) mass is 329 g/mol. The SMILES string of the molecule is O=C(NCc1cc2cc(F)ccc2s1)[C@@H]1CCc2[nH]ncc2C1. The summed E-state index contributed by atoms with van der Waals surface area (Å²) in [6.45, 7) is 0.495. The maximum atomic E-state index is 13.2. The van der Waals surface area contributed by atoms with Crippen molar-refractivity contribution >= 4 is 27.3 Å². The van der Waals surface area contributed by atoms with E-state index in [2.05, 4.69) is 15.5 Å². The summed E-state index contributed by atoms with van der Waals surface area (Å²) in [5.74, 6) is -0.142. The zero-order valence-electron chi connectivity index (χ0n) is 12.4. The summed E-state index contributed by atoms with van der Waals surface area (Å²) in [4.78, 5) is 13.4. The number of rotatable bonds is 3. The molecule has 1 aliphatic carbocycles. The lowest BCUT2D eigenvalue weighted by atomic mass is 9.87. The fraction of sp³-hybridized carbons (Fsp3) is 0.294. The van der Waals surface area contributed by atoms with Crippen LogP contribution in [0.4, 0.5) is 4.39 Å². The summed E-state index contributed by atoms with van der Waals surface area (Å²) < 4.78 is 14.3. The molecule has 0 saturated heterocycles. The molecule has 4 rings (SSSR count). The molecule has 0 spiro atoms. The van der Waals surface area contributed by atoms with Gasteiger partial charge in [0.15, 0.2) is 0 Å². The van der Waals surface area contributed by atoms with Gasteiger partial charge in [0.25, 0.3) is 0 Å². The second-order valence-electron chi connectivity index (χ2n) is 5.93. The topological polar surface area (TPSA) is 57.8 Å².